The molecule has 2 aromatic rings. The zero-order chi connectivity index (χ0) is 14.9. The first-order chi connectivity index (χ1) is 9.38. The Labute approximate surface area is 138 Å². The molecule has 0 saturated heterocycles. The third-order valence-corrected chi connectivity index (χ3v) is 4.67. The van der Waals surface area contributed by atoms with E-state index in [4.69, 9.17) is 17.3 Å². The van der Waals surface area contributed by atoms with Crippen molar-refractivity contribution in [2.24, 2.45) is 0 Å². The lowest BCUT2D eigenvalue weighted by molar-refractivity contribution is 0.102. The molecule has 0 aliphatic carbocycles. The van der Waals surface area contributed by atoms with E-state index in [2.05, 4.69) is 37.2 Å². The number of benzene rings is 2. The first-order valence-corrected chi connectivity index (χ1v) is 7.67. The fraction of sp³-hybridized carbons (Fsp3) is 0.0714. The number of hydrogen-bond donors (Lipinski definition) is 2. The summed E-state index contributed by atoms with van der Waals surface area (Å²) >= 11 is 12.7. The molecule has 2 aromatic carbocycles. The molecule has 2 rings (SSSR count). The zero-order valence-corrected chi connectivity index (χ0v) is 14.4. The van der Waals surface area contributed by atoms with Crippen molar-refractivity contribution >= 4 is 60.7 Å². The molecule has 0 spiro atoms. The SMILES string of the molecule is Cc1cc(Br)c(NC(=O)c2ccc(Br)c(Cl)c2)cc1N. The second-order valence-corrected chi connectivity index (χ2v) is 6.39. The smallest absolute Gasteiger partial charge is 0.255 e. The number of halogens is 3. The Morgan fingerprint density at radius 1 is 1.20 bits per heavy atom. The highest BCUT2D eigenvalue weighted by Crippen LogP contribution is 2.29. The molecular formula is C14H11Br2ClN2O. The summed E-state index contributed by atoms with van der Waals surface area (Å²) in [6.45, 7) is 1.90. The van der Waals surface area contributed by atoms with Crippen LogP contribution in [0.1, 0.15) is 15.9 Å². The van der Waals surface area contributed by atoms with Crippen LogP contribution in [0, 0.1) is 6.92 Å². The molecule has 20 heavy (non-hydrogen) atoms. The van der Waals surface area contributed by atoms with E-state index >= 15 is 0 Å². The molecule has 3 nitrogen and oxygen atoms in total. The number of rotatable bonds is 2. The molecule has 0 aliphatic rings. The largest absolute Gasteiger partial charge is 0.398 e. The standard InChI is InChI=1S/C14H11Br2ClN2O/c1-7-4-10(16)13(6-12(7)18)19-14(20)8-2-3-9(15)11(17)5-8/h2-6H,18H2,1H3,(H,19,20). The Bertz CT molecular complexity index is 689. The number of carbonyl (C=O) groups excluding carboxylic acids is 1. The third-order valence-electron chi connectivity index (χ3n) is 2.79. The Balaban J connectivity index is 2.27. The van der Waals surface area contributed by atoms with Gasteiger partial charge in [0.2, 0.25) is 0 Å². The first kappa shape index (κ1) is 15.4. The van der Waals surface area contributed by atoms with Gasteiger partial charge in [0.25, 0.3) is 5.91 Å². The second kappa shape index (κ2) is 6.16. The number of nitrogen functional groups attached to an aromatic ring is 1. The van der Waals surface area contributed by atoms with Gasteiger partial charge in [0.15, 0.2) is 0 Å². The van der Waals surface area contributed by atoms with E-state index < -0.39 is 0 Å². The number of nitrogens with two attached hydrogens (primary N) is 1. The maximum absolute atomic E-state index is 12.2. The Morgan fingerprint density at radius 3 is 2.55 bits per heavy atom. The summed E-state index contributed by atoms with van der Waals surface area (Å²) in [6.07, 6.45) is 0. The fourth-order valence-corrected chi connectivity index (χ4v) is 2.60. The summed E-state index contributed by atoms with van der Waals surface area (Å²) in [5.74, 6) is -0.247. The van der Waals surface area contributed by atoms with Crippen molar-refractivity contribution in [3.05, 3.63) is 55.4 Å². The van der Waals surface area contributed by atoms with Crippen molar-refractivity contribution in [3.8, 4) is 0 Å². The molecule has 0 fully saturated rings. The van der Waals surface area contributed by atoms with Crippen molar-refractivity contribution in [1.82, 2.24) is 0 Å². The van der Waals surface area contributed by atoms with Gasteiger partial charge < -0.3 is 11.1 Å². The van der Waals surface area contributed by atoms with E-state index in [-0.39, 0.29) is 5.91 Å². The predicted molar refractivity (Wildman–Crippen MR) is 90.4 cm³/mol. The summed E-state index contributed by atoms with van der Waals surface area (Å²) in [5, 5.41) is 3.29. The van der Waals surface area contributed by atoms with Crippen LogP contribution in [0.4, 0.5) is 11.4 Å². The predicted octanol–water partition coefficient (Wildman–Crippen LogP) is 5.01. The number of nitrogens with one attached hydrogen (secondary N) is 1. The first-order valence-electron chi connectivity index (χ1n) is 5.70. The number of carbonyl (C=O) groups is 1. The van der Waals surface area contributed by atoms with Crippen LogP contribution in [0.3, 0.4) is 0 Å². The molecule has 6 heteroatoms. The molecule has 0 unspecified atom stereocenters. The normalized spacial score (nSPS) is 10.4. The van der Waals surface area contributed by atoms with Crippen LogP contribution in [-0.4, -0.2) is 5.91 Å². The van der Waals surface area contributed by atoms with Gasteiger partial charge >= 0.3 is 0 Å². The number of anilines is 2. The molecule has 0 saturated carbocycles. The highest BCUT2D eigenvalue weighted by atomic mass is 79.9. The maximum Gasteiger partial charge on any atom is 0.255 e. The van der Waals surface area contributed by atoms with E-state index in [0.717, 1.165) is 14.5 Å². The van der Waals surface area contributed by atoms with E-state index in [1.165, 1.54) is 0 Å². The van der Waals surface area contributed by atoms with Gasteiger partial charge in [-0.1, -0.05) is 11.6 Å². The fourth-order valence-electron chi connectivity index (χ4n) is 1.62. The van der Waals surface area contributed by atoms with Crippen molar-refractivity contribution in [2.75, 3.05) is 11.1 Å². The molecule has 0 radical (unpaired) electrons. The monoisotopic (exact) mass is 416 g/mol. The van der Waals surface area contributed by atoms with Gasteiger partial charge in [0, 0.05) is 20.2 Å². The maximum atomic E-state index is 12.2. The quantitative estimate of drug-likeness (QED) is 0.674. The van der Waals surface area contributed by atoms with Crippen molar-refractivity contribution in [3.63, 3.8) is 0 Å². The van der Waals surface area contributed by atoms with Crippen LogP contribution in [0.25, 0.3) is 0 Å². The molecule has 0 atom stereocenters. The minimum absolute atomic E-state index is 0.247. The van der Waals surface area contributed by atoms with Crippen LogP contribution in [0.15, 0.2) is 39.3 Å². The third kappa shape index (κ3) is 3.34. The van der Waals surface area contributed by atoms with Gasteiger partial charge in [-0.15, -0.1) is 0 Å². The summed E-state index contributed by atoms with van der Waals surface area (Å²) < 4.78 is 1.53. The van der Waals surface area contributed by atoms with E-state index in [1.807, 2.05) is 13.0 Å². The summed E-state index contributed by atoms with van der Waals surface area (Å²) in [7, 11) is 0. The minimum atomic E-state index is -0.247. The van der Waals surface area contributed by atoms with Crippen LogP contribution in [-0.2, 0) is 0 Å². The summed E-state index contributed by atoms with van der Waals surface area (Å²) in [5.41, 5.74) is 8.52. The van der Waals surface area contributed by atoms with Gasteiger partial charge in [-0.25, -0.2) is 0 Å². The second-order valence-electron chi connectivity index (χ2n) is 4.27. The lowest BCUT2D eigenvalue weighted by atomic mass is 10.1. The minimum Gasteiger partial charge on any atom is -0.398 e. The molecule has 0 aliphatic heterocycles. The summed E-state index contributed by atoms with van der Waals surface area (Å²) in [6, 6.07) is 8.61. The number of amides is 1. The molecule has 0 aromatic heterocycles. The highest BCUT2D eigenvalue weighted by Gasteiger charge is 2.11. The topological polar surface area (TPSA) is 55.1 Å². The average Bonchev–Trinajstić information content (AvgIpc) is 2.39. The highest BCUT2D eigenvalue weighted by molar-refractivity contribution is 9.11. The zero-order valence-electron chi connectivity index (χ0n) is 10.5. The van der Waals surface area contributed by atoms with Crippen LogP contribution >= 0.6 is 43.5 Å². The number of aryl methyl sites for hydroxylation is 1. The average molecular weight is 419 g/mol. The van der Waals surface area contributed by atoms with Gasteiger partial charge in [-0.3, -0.25) is 4.79 Å². The molecule has 3 N–H and O–H groups in total. The lowest BCUT2D eigenvalue weighted by Gasteiger charge is -2.10. The Morgan fingerprint density at radius 2 is 1.90 bits per heavy atom. The van der Waals surface area contributed by atoms with Crippen molar-refractivity contribution in [2.45, 2.75) is 6.92 Å². The summed E-state index contributed by atoms with van der Waals surface area (Å²) in [4.78, 5) is 12.2. The van der Waals surface area contributed by atoms with E-state index in [9.17, 15) is 4.79 Å². The molecule has 0 bridgehead atoms. The van der Waals surface area contributed by atoms with Gasteiger partial charge in [-0.2, -0.15) is 0 Å². The van der Waals surface area contributed by atoms with Crippen molar-refractivity contribution in [1.29, 1.82) is 0 Å². The van der Waals surface area contributed by atoms with E-state index in [1.54, 1.807) is 24.3 Å². The number of hydrogen-bond acceptors (Lipinski definition) is 2. The molecular weight excluding hydrogens is 407 g/mol. The molecule has 104 valence electrons. The van der Waals surface area contributed by atoms with Gasteiger partial charge in [0.1, 0.15) is 0 Å². The van der Waals surface area contributed by atoms with Crippen molar-refractivity contribution < 1.29 is 4.79 Å². The Hall–Kier alpha value is -1.04. The van der Waals surface area contributed by atoms with Gasteiger partial charge in [-0.05, 0) is 74.7 Å². The van der Waals surface area contributed by atoms with E-state index in [0.29, 0.717) is 22.0 Å². The molecule has 0 heterocycles. The van der Waals surface area contributed by atoms with Crippen LogP contribution in [0.5, 0.6) is 0 Å². The lowest BCUT2D eigenvalue weighted by Crippen LogP contribution is -2.12. The molecule has 1 amide bonds. The van der Waals surface area contributed by atoms with Crippen LogP contribution < -0.4 is 11.1 Å². The van der Waals surface area contributed by atoms with Gasteiger partial charge in [0.05, 0.1) is 10.7 Å². The van der Waals surface area contributed by atoms with Crippen LogP contribution in [0.2, 0.25) is 5.02 Å². The Kier molecular flexibility index (Phi) is 4.73.